The van der Waals surface area contributed by atoms with Gasteiger partial charge in [0.1, 0.15) is 11.6 Å². The van der Waals surface area contributed by atoms with Crippen LogP contribution in [0.5, 0.6) is 0 Å². The zero-order valence-corrected chi connectivity index (χ0v) is 16.1. The maximum absolute atomic E-state index is 14.7. The molecule has 1 aromatic carbocycles. The molecule has 1 saturated heterocycles. The standard InChI is InChI=1S/C19H25F2N3S/c1-5-23-6-8-24(9-7-23)17-11-14(20)13(10-15(17)21)16-12-25-18(22-16)19(2,3)4/h10-12H,5-9H2,1-4H3. The molecule has 0 aliphatic carbocycles. The second-order valence-electron chi connectivity index (χ2n) is 7.49. The second-order valence-corrected chi connectivity index (χ2v) is 8.35. The fourth-order valence-electron chi connectivity index (χ4n) is 3.02. The summed E-state index contributed by atoms with van der Waals surface area (Å²) in [5.41, 5.74) is 0.994. The van der Waals surface area contributed by atoms with E-state index in [4.69, 9.17) is 0 Å². The molecule has 6 heteroatoms. The summed E-state index contributed by atoms with van der Waals surface area (Å²) in [5.74, 6) is -0.799. The van der Waals surface area contributed by atoms with Crippen molar-refractivity contribution in [3.63, 3.8) is 0 Å². The van der Waals surface area contributed by atoms with Crippen molar-refractivity contribution in [2.45, 2.75) is 33.1 Å². The molecule has 0 unspecified atom stereocenters. The number of piperazine rings is 1. The lowest BCUT2D eigenvalue weighted by molar-refractivity contribution is 0.270. The first-order chi connectivity index (χ1) is 11.8. The monoisotopic (exact) mass is 365 g/mol. The summed E-state index contributed by atoms with van der Waals surface area (Å²) in [5, 5.41) is 2.72. The van der Waals surface area contributed by atoms with E-state index in [9.17, 15) is 8.78 Å². The molecule has 0 spiro atoms. The lowest BCUT2D eigenvalue weighted by Gasteiger charge is -2.35. The van der Waals surface area contributed by atoms with Gasteiger partial charge in [-0.1, -0.05) is 27.7 Å². The van der Waals surface area contributed by atoms with Crippen molar-refractivity contribution in [3.8, 4) is 11.3 Å². The SMILES string of the molecule is CCN1CCN(c2cc(F)c(-c3csc(C(C)(C)C)n3)cc2F)CC1. The van der Waals surface area contributed by atoms with Crippen LogP contribution in [0.2, 0.25) is 0 Å². The maximum atomic E-state index is 14.7. The number of rotatable bonds is 3. The number of hydrogen-bond donors (Lipinski definition) is 0. The summed E-state index contributed by atoms with van der Waals surface area (Å²) in [6.07, 6.45) is 0. The number of hydrogen-bond acceptors (Lipinski definition) is 4. The zero-order valence-electron chi connectivity index (χ0n) is 15.3. The lowest BCUT2D eigenvalue weighted by atomic mass is 9.98. The van der Waals surface area contributed by atoms with Crippen LogP contribution in [-0.4, -0.2) is 42.6 Å². The van der Waals surface area contributed by atoms with Gasteiger partial charge in [-0.15, -0.1) is 11.3 Å². The number of nitrogens with zero attached hydrogens (tertiary/aromatic N) is 3. The fourth-order valence-corrected chi connectivity index (χ4v) is 3.93. The number of thiazole rings is 1. The molecular weight excluding hydrogens is 340 g/mol. The van der Waals surface area contributed by atoms with Gasteiger partial charge in [-0.05, 0) is 12.6 Å². The van der Waals surface area contributed by atoms with Gasteiger partial charge >= 0.3 is 0 Å². The van der Waals surface area contributed by atoms with Gasteiger partial charge in [-0.3, -0.25) is 0 Å². The van der Waals surface area contributed by atoms with Crippen LogP contribution in [0, 0.1) is 11.6 Å². The number of halogens is 2. The molecule has 1 aliphatic heterocycles. The van der Waals surface area contributed by atoms with Gasteiger partial charge in [0.2, 0.25) is 0 Å². The third-order valence-electron chi connectivity index (χ3n) is 4.62. The largest absolute Gasteiger partial charge is 0.367 e. The molecule has 2 heterocycles. The first kappa shape index (κ1) is 18.3. The van der Waals surface area contributed by atoms with Gasteiger partial charge in [0.05, 0.1) is 16.4 Å². The molecule has 0 atom stereocenters. The van der Waals surface area contributed by atoms with E-state index in [1.54, 1.807) is 5.38 Å². The van der Waals surface area contributed by atoms with Crippen LogP contribution in [0.15, 0.2) is 17.5 Å². The molecule has 1 aliphatic rings. The Morgan fingerprint density at radius 1 is 1.08 bits per heavy atom. The molecule has 0 amide bonds. The Morgan fingerprint density at radius 2 is 1.76 bits per heavy atom. The molecule has 0 radical (unpaired) electrons. The van der Waals surface area contributed by atoms with Gasteiger partial charge in [-0.2, -0.15) is 0 Å². The number of likely N-dealkylation sites (N-methyl/N-ethyl adjacent to an activating group) is 1. The molecule has 136 valence electrons. The van der Waals surface area contributed by atoms with Crippen molar-refractivity contribution >= 4 is 17.0 Å². The average molecular weight is 365 g/mol. The lowest BCUT2D eigenvalue weighted by Crippen LogP contribution is -2.46. The van der Waals surface area contributed by atoms with E-state index in [0.29, 0.717) is 24.5 Å². The predicted molar refractivity (Wildman–Crippen MR) is 100 cm³/mol. The van der Waals surface area contributed by atoms with E-state index >= 15 is 0 Å². The Kier molecular flexibility index (Phi) is 5.11. The van der Waals surface area contributed by atoms with Gasteiger partial charge in [0.15, 0.2) is 0 Å². The molecule has 0 saturated carbocycles. The molecule has 1 aromatic heterocycles. The van der Waals surface area contributed by atoms with E-state index < -0.39 is 5.82 Å². The number of aromatic nitrogens is 1. The molecule has 25 heavy (non-hydrogen) atoms. The highest BCUT2D eigenvalue weighted by Gasteiger charge is 2.23. The number of benzene rings is 1. The van der Waals surface area contributed by atoms with Crippen molar-refractivity contribution in [2.24, 2.45) is 0 Å². The molecule has 2 aromatic rings. The van der Waals surface area contributed by atoms with E-state index in [-0.39, 0.29) is 16.8 Å². The summed E-state index contributed by atoms with van der Waals surface area (Å²) in [6, 6.07) is 2.61. The molecule has 1 fully saturated rings. The summed E-state index contributed by atoms with van der Waals surface area (Å²) < 4.78 is 29.4. The third kappa shape index (κ3) is 3.85. The minimum Gasteiger partial charge on any atom is -0.367 e. The molecule has 0 bridgehead atoms. The first-order valence-electron chi connectivity index (χ1n) is 8.72. The molecule has 0 N–H and O–H groups in total. The Hall–Kier alpha value is -1.53. The van der Waals surface area contributed by atoms with E-state index in [2.05, 4.69) is 37.6 Å². The van der Waals surface area contributed by atoms with E-state index in [1.807, 2.05) is 4.90 Å². The van der Waals surface area contributed by atoms with Crippen LogP contribution in [0.3, 0.4) is 0 Å². The van der Waals surface area contributed by atoms with Crippen LogP contribution in [0.25, 0.3) is 11.3 Å². The smallest absolute Gasteiger partial charge is 0.147 e. The minimum atomic E-state index is -0.417. The highest BCUT2D eigenvalue weighted by molar-refractivity contribution is 7.10. The Bertz CT molecular complexity index is 744. The Balaban J connectivity index is 1.87. The topological polar surface area (TPSA) is 19.4 Å². The van der Waals surface area contributed by atoms with E-state index in [1.165, 1.54) is 23.5 Å². The summed E-state index contributed by atoms with van der Waals surface area (Å²) in [4.78, 5) is 8.74. The molecular formula is C19H25F2N3S. The first-order valence-corrected chi connectivity index (χ1v) is 9.60. The van der Waals surface area contributed by atoms with Crippen molar-refractivity contribution < 1.29 is 8.78 Å². The van der Waals surface area contributed by atoms with Crippen molar-refractivity contribution in [1.29, 1.82) is 0 Å². The average Bonchev–Trinajstić information content (AvgIpc) is 3.07. The van der Waals surface area contributed by atoms with Crippen LogP contribution in [0.4, 0.5) is 14.5 Å². The van der Waals surface area contributed by atoms with E-state index in [0.717, 1.165) is 24.6 Å². The Morgan fingerprint density at radius 3 is 2.32 bits per heavy atom. The highest BCUT2D eigenvalue weighted by Crippen LogP contribution is 2.33. The van der Waals surface area contributed by atoms with Crippen LogP contribution in [0.1, 0.15) is 32.7 Å². The van der Waals surface area contributed by atoms with Crippen LogP contribution in [-0.2, 0) is 5.41 Å². The predicted octanol–water partition coefficient (Wildman–Crippen LogP) is 4.53. The summed E-state index contributed by atoms with van der Waals surface area (Å²) in [6.45, 7) is 12.5. The van der Waals surface area contributed by atoms with Gasteiger partial charge in [-0.25, -0.2) is 13.8 Å². The summed E-state index contributed by atoms with van der Waals surface area (Å²) >= 11 is 1.48. The van der Waals surface area contributed by atoms with Crippen molar-refractivity contribution in [1.82, 2.24) is 9.88 Å². The quantitative estimate of drug-likeness (QED) is 0.797. The summed E-state index contributed by atoms with van der Waals surface area (Å²) in [7, 11) is 0. The van der Waals surface area contributed by atoms with Crippen LogP contribution >= 0.6 is 11.3 Å². The fraction of sp³-hybridized carbons (Fsp3) is 0.526. The molecule has 3 rings (SSSR count). The van der Waals surface area contributed by atoms with Crippen molar-refractivity contribution in [3.05, 3.63) is 34.2 Å². The minimum absolute atomic E-state index is 0.100. The Labute approximate surface area is 152 Å². The van der Waals surface area contributed by atoms with Gasteiger partial charge < -0.3 is 9.80 Å². The highest BCUT2D eigenvalue weighted by atomic mass is 32.1. The van der Waals surface area contributed by atoms with Crippen molar-refractivity contribution in [2.75, 3.05) is 37.6 Å². The van der Waals surface area contributed by atoms with Crippen LogP contribution < -0.4 is 4.90 Å². The molecule has 3 nitrogen and oxygen atoms in total. The van der Waals surface area contributed by atoms with Gasteiger partial charge in [0, 0.05) is 48.6 Å². The third-order valence-corrected chi connectivity index (χ3v) is 5.89. The van der Waals surface area contributed by atoms with Gasteiger partial charge in [0.25, 0.3) is 0 Å². The zero-order chi connectivity index (χ0) is 18.2. The second kappa shape index (κ2) is 7.00. The number of anilines is 1. The maximum Gasteiger partial charge on any atom is 0.147 e. The normalized spacial score (nSPS) is 16.5.